The number of carbonyl (C=O) groups excluding carboxylic acids is 1. The zero-order valence-electron chi connectivity index (χ0n) is 14.9. The van der Waals surface area contributed by atoms with Crippen LogP contribution in [0.25, 0.3) is 16.7 Å². The maximum atomic E-state index is 12.7. The Hall–Kier alpha value is -3.00. The Morgan fingerprint density at radius 3 is 2.93 bits per heavy atom. The smallest absolute Gasteiger partial charge is 0.264 e. The fourth-order valence-corrected chi connectivity index (χ4v) is 3.21. The maximum absolute atomic E-state index is 12.7. The molecule has 1 N–H and O–H groups in total. The van der Waals surface area contributed by atoms with Crippen molar-refractivity contribution in [3.63, 3.8) is 0 Å². The van der Waals surface area contributed by atoms with Gasteiger partial charge in [0, 0.05) is 26.1 Å². The molecule has 1 atom stereocenters. The summed E-state index contributed by atoms with van der Waals surface area (Å²) < 4.78 is 8.57. The maximum Gasteiger partial charge on any atom is 0.264 e. The Labute approximate surface area is 155 Å². The number of carbonyl (C=O) groups is 1. The summed E-state index contributed by atoms with van der Waals surface area (Å²) >= 11 is 0. The molecule has 1 aromatic carbocycles. The Kier molecular flexibility index (Phi) is 4.97. The van der Waals surface area contributed by atoms with Gasteiger partial charge in [0.15, 0.2) is 5.65 Å². The van der Waals surface area contributed by atoms with E-state index in [0.717, 1.165) is 25.1 Å². The summed E-state index contributed by atoms with van der Waals surface area (Å²) in [6.07, 6.45) is 5.33. The van der Waals surface area contributed by atoms with Gasteiger partial charge in [0.1, 0.15) is 5.39 Å². The summed E-state index contributed by atoms with van der Waals surface area (Å²) in [6.45, 7) is 1.56. The van der Waals surface area contributed by atoms with Gasteiger partial charge >= 0.3 is 0 Å². The van der Waals surface area contributed by atoms with Gasteiger partial charge in [-0.15, -0.1) is 0 Å². The third-order valence-corrected chi connectivity index (χ3v) is 4.69. The predicted molar refractivity (Wildman–Crippen MR) is 99.7 cm³/mol. The van der Waals surface area contributed by atoms with E-state index < -0.39 is 0 Å². The molecule has 3 aromatic rings. The molecule has 1 unspecified atom stereocenters. The highest BCUT2D eigenvalue weighted by Crippen LogP contribution is 2.13. The van der Waals surface area contributed by atoms with Crippen LogP contribution in [0, 0.1) is 0 Å². The van der Waals surface area contributed by atoms with E-state index in [1.165, 1.54) is 17.1 Å². The second-order valence-electron chi connectivity index (χ2n) is 6.56. The molecule has 1 fully saturated rings. The molecule has 140 valence electrons. The lowest BCUT2D eigenvalue weighted by molar-refractivity contribution is -0.121. The van der Waals surface area contributed by atoms with Gasteiger partial charge in [-0.3, -0.25) is 14.2 Å². The number of nitrogens with zero attached hydrogens (tertiary/aromatic N) is 4. The fraction of sp³-hybridized carbons (Fsp3) is 0.368. The topological polar surface area (TPSA) is 91.0 Å². The van der Waals surface area contributed by atoms with Crippen LogP contribution in [0.15, 0.2) is 47.7 Å². The minimum atomic E-state index is -0.200. The SMILES string of the molecule is O=C(CCn1cnc2c(cnn2-c2ccccc2)c1=O)NCC1CCCO1. The number of aryl methyl sites for hydroxylation is 1. The number of hydrogen-bond donors (Lipinski definition) is 1. The molecule has 1 aliphatic heterocycles. The van der Waals surface area contributed by atoms with Crippen molar-refractivity contribution in [3.8, 4) is 5.69 Å². The quantitative estimate of drug-likeness (QED) is 0.708. The molecular weight excluding hydrogens is 346 g/mol. The van der Waals surface area contributed by atoms with Gasteiger partial charge in [0.2, 0.25) is 5.91 Å². The molecule has 0 aliphatic carbocycles. The van der Waals surface area contributed by atoms with Crippen LogP contribution in [0.1, 0.15) is 19.3 Å². The van der Waals surface area contributed by atoms with Gasteiger partial charge in [0.05, 0.1) is 24.3 Å². The molecule has 0 saturated carbocycles. The van der Waals surface area contributed by atoms with Crippen molar-refractivity contribution >= 4 is 16.9 Å². The standard InChI is InChI=1S/C19H21N5O3/c25-17(20-11-15-7-4-10-27-15)8-9-23-13-21-18-16(19(23)26)12-22-24(18)14-5-2-1-3-6-14/h1-3,5-6,12-13,15H,4,7-11H2,(H,20,25). The molecule has 0 bridgehead atoms. The van der Waals surface area contributed by atoms with Gasteiger partial charge < -0.3 is 10.1 Å². The van der Waals surface area contributed by atoms with E-state index in [1.807, 2.05) is 30.3 Å². The van der Waals surface area contributed by atoms with E-state index in [0.29, 0.717) is 17.6 Å². The summed E-state index contributed by atoms with van der Waals surface area (Å²) in [5.74, 6) is -0.0996. The van der Waals surface area contributed by atoms with Crippen LogP contribution in [0.2, 0.25) is 0 Å². The Balaban J connectivity index is 1.44. The van der Waals surface area contributed by atoms with Crippen LogP contribution in [0.4, 0.5) is 0 Å². The third kappa shape index (κ3) is 3.75. The van der Waals surface area contributed by atoms with Crippen LogP contribution in [0.3, 0.4) is 0 Å². The lowest BCUT2D eigenvalue weighted by Gasteiger charge is -2.11. The number of rotatable bonds is 6. The number of para-hydroxylation sites is 1. The molecule has 1 aliphatic rings. The first-order chi connectivity index (χ1) is 13.2. The first-order valence-electron chi connectivity index (χ1n) is 9.09. The lowest BCUT2D eigenvalue weighted by Crippen LogP contribution is -2.33. The average molecular weight is 367 g/mol. The highest BCUT2D eigenvalue weighted by Gasteiger charge is 2.16. The van der Waals surface area contributed by atoms with Gasteiger partial charge in [-0.25, -0.2) is 9.67 Å². The van der Waals surface area contributed by atoms with Crippen molar-refractivity contribution in [1.82, 2.24) is 24.6 Å². The largest absolute Gasteiger partial charge is 0.376 e. The summed E-state index contributed by atoms with van der Waals surface area (Å²) in [5.41, 5.74) is 1.14. The molecule has 0 spiro atoms. The van der Waals surface area contributed by atoms with Crippen molar-refractivity contribution in [2.24, 2.45) is 0 Å². The van der Waals surface area contributed by atoms with Crippen molar-refractivity contribution in [1.29, 1.82) is 0 Å². The minimum absolute atomic E-state index is 0.0996. The van der Waals surface area contributed by atoms with Crippen molar-refractivity contribution in [2.45, 2.75) is 31.9 Å². The molecule has 27 heavy (non-hydrogen) atoms. The van der Waals surface area contributed by atoms with Crippen LogP contribution >= 0.6 is 0 Å². The molecule has 8 nitrogen and oxygen atoms in total. The van der Waals surface area contributed by atoms with Gasteiger partial charge in [0.25, 0.3) is 5.56 Å². The second-order valence-corrected chi connectivity index (χ2v) is 6.56. The van der Waals surface area contributed by atoms with Crippen molar-refractivity contribution in [2.75, 3.05) is 13.2 Å². The van der Waals surface area contributed by atoms with Crippen molar-refractivity contribution in [3.05, 3.63) is 53.2 Å². The molecule has 8 heteroatoms. The Bertz CT molecular complexity index is 989. The normalized spacial score (nSPS) is 16.7. The fourth-order valence-electron chi connectivity index (χ4n) is 3.21. The van der Waals surface area contributed by atoms with Crippen LogP contribution in [-0.2, 0) is 16.1 Å². The predicted octanol–water partition coefficient (Wildman–Crippen LogP) is 1.27. The Morgan fingerprint density at radius 2 is 2.15 bits per heavy atom. The molecule has 4 rings (SSSR count). The summed E-state index contributed by atoms with van der Waals surface area (Å²) in [4.78, 5) is 29.1. The van der Waals surface area contributed by atoms with Gasteiger partial charge in [-0.1, -0.05) is 18.2 Å². The van der Waals surface area contributed by atoms with E-state index in [-0.39, 0.29) is 30.5 Å². The summed E-state index contributed by atoms with van der Waals surface area (Å²) in [6, 6.07) is 9.52. The number of ether oxygens (including phenoxy) is 1. The average Bonchev–Trinajstić information content (AvgIpc) is 3.36. The van der Waals surface area contributed by atoms with Crippen LogP contribution in [-0.4, -0.2) is 44.5 Å². The highest BCUT2D eigenvalue weighted by molar-refractivity contribution is 5.76. The number of benzene rings is 1. The van der Waals surface area contributed by atoms with Gasteiger partial charge in [-0.05, 0) is 25.0 Å². The summed E-state index contributed by atoms with van der Waals surface area (Å²) in [7, 11) is 0. The van der Waals surface area contributed by atoms with E-state index in [9.17, 15) is 9.59 Å². The molecule has 0 radical (unpaired) electrons. The number of hydrogen-bond acceptors (Lipinski definition) is 5. The minimum Gasteiger partial charge on any atom is -0.376 e. The van der Waals surface area contributed by atoms with E-state index >= 15 is 0 Å². The Morgan fingerprint density at radius 1 is 1.30 bits per heavy atom. The van der Waals surface area contributed by atoms with Crippen molar-refractivity contribution < 1.29 is 9.53 Å². The highest BCUT2D eigenvalue weighted by atomic mass is 16.5. The number of aromatic nitrogens is 4. The number of fused-ring (bicyclic) bond motifs is 1. The lowest BCUT2D eigenvalue weighted by atomic mass is 10.2. The number of amides is 1. The first-order valence-corrected chi connectivity index (χ1v) is 9.09. The van der Waals surface area contributed by atoms with E-state index in [4.69, 9.17) is 4.74 Å². The third-order valence-electron chi connectivity index (χ3n) is 4.69. The molecule has 1 amide bonds. The number of nitrogens with one attached hydrogen (secondary N) is 1. The second kappa shape index (κ2) is 7.71. The van der Waals surface area contributed by atoms with Crippen LogP contribution in [0.5, 0.6) is 0 Å². The van der Waals surface area contributed by atoms with Gasteiger partial charge in [-0.2, -0.15) is 5.10 Å². The van der Waals surface area contributed by atoms with E-state index in [1.54, 1.807) is 4.68 Å². The monoisotopic (exact) mass is 367 g/mol. The zero-order valence-corrected chi connectivity index (χ0v) is 14.9. The van der Waals surface area contributed by atoms with Crippen LogP contribution < -0.4 is 10.9 Å². The molecule has 1 saturated heterocycles. The molecule has 3 heterocycles. The molecule has 2 aromatic heterocycles. The summed E-state index contributed by atoms with van der Waals surface area (Å²) in [5, 5.41) is 7.58. The molecular formula is C19H21N5O3. The zero-order chi connectivity index (χ0) is 18.6. The van der Waals surface area contributed by atoms with E-state index in [2.05, 4.69) is 15.4 Å². The first kappa shape index (κ1) is 17.4.